The van der Waals surface area contributed by atoms with Gasteiger partial charge >= 0.3 is 0 Å². The molecule has 29 heavy (non-hydrogen) atoms. The van der Waals surface area contributed by atoms with Crippen molar-refractivity contribution in [2.24, 2.45) is 0 Å². The molecule has 5 rings (SSSR count). The smallest absolute Gasteiger partial charge is 0.266 e. The van der Waals surface area contributed by atoms with Crippen LogP contribution in [0.3, 0.4) is 0 Å². The molecule has 0 spiro atoms. The zero-order valence-electron chi connectivity index (χ0n) is 14.8. The Morgan fingerprint density at radius 1 is 0.517 bits per heavy atom. The van der Waals surface area contributed by atoms with Crippen LogP contribution in [0.1, 0.15) is 41.4 Å². The molecule has 6 nitrogen and oxygen atoms in total. The maximum Gasteiger partial charge on any atom is 0.266 e. The van der Waals surface area contributed by atoms with Crippen molar-refractivity contribution in [3.05, 3.63) is 94.0 Å². The van der Waals surface area contributed by atoms with Crippen molar-refractivity contribution in [3.63, 3.8) is 0 Å². The molecule has 0 N–H and O–H groups in total. The predicted molar refractivity (Wildman–Crippen MR) is 107 cm³/mol. The highest BCUT2D eigenvalue weighted by atomic mass is 35.5. The molecule has 3 aromatic rings. The number of rotatable bonds is 2. The molecule has 0 aliphatic carbocycles. The number of anilines is 2. The normalized spacial score (nSPS) is 15.2. The molecule has 0 bridgehead atoms. The number of benzene rings is 3. The van der Waals surface area contributed by atoms with E-state index in [0.29, 0.717) is 0 Å². The van der Waals surface area contributed by atoms with Crippen LogP contribution in [0.4, 0.5) is 11.4 Å². The van der Waals surface area contributed by atoms with E-state index in [1.807, 2.05) is 0 Å². The lowest BCUT2D eigenvalue weighted by Gasteiger charge is -2.24. The van der Waals surface area contributed by atoms with Crippen molar-refractivity contribution >= 4 is 46.6 Å². The number of para-hydroxylation sites is 1. The third-order valence-corrected chi connectivity index (χ3v) is 5.32. The Hall–Kier alpha value is -3.77. The Morgan fingerprint density at radius 3 is 1.38 bits per heavy atom. The van der Waals surface area contributed by atoms with Crippen LogP contribution in [0.25, 0.3) is 0 Å². The molecular weight excluding hydrogens is 392 g/mol. The average Bonchev–Trinajstić information content (AvgIpc) is 3.13. The zero-order valence-corrected chi connectivity index (χ0v) is 15.5. The molecule has 2 aliphatic rings. The van der Waals surface area contributed by atoms with Gasteiger partial charge in [-0.15, -0.1) is 0 Å². The van der Waals surface area contributed by atoms with Crippen molar-refractivity contribution in [2.75, 3.05) is 9.80 Å². The number of halogens is 1. The maximum atomic E-state index is 13.0. The number of hydrogen-bond donors (Lipinski definition) is 0. The lowest BCUT2D eigenvalue weighted by Crippen LogP contribution is -2.35. The summed E-state index contributed by atoms with van der Waals surface area (Å²) < 4.78 is 0. The largest absolute Gasteiger partial charge is 0.268 e. The van der Waals surface area contributed by atoms with E-state index in [9.17, 15) is 19.2 Å². The van der Waals surface area contributed by atoms with Gasteiger partial charge in [-0.2, -0.15) is 0 Å². The molecule has 0 radical (unpaired) electrons. The molecule has 140 valence electrons. The SMILES string of the molecule is O=C1c2ccccc2C(=O)N1c1cccc(Cl)c1N1C(=O)c2ccccc2C1=O. The molecule has 3 aromatic carbocycles. The number of fused-ring (bicyclic) bond motifs is 2. The summed E-state index contributed by atoms with van der Waals surface area (Å²) in [6.07, 6.45) is 0. The third kappa shape index (κ3) is 2.30. The summed E-state index contributed by atoms with van der Waals surface area (Å²) in [5, 5.41) is 0.0774. The number of hydrogen-bond acceptors (Lipinski definition) is 4. The Labute approximate surface area is 169 Å². The molecule has 0 atom stereocenters. The maximum absolute atomic E-state index is 13.0. The molecule has 0 saturated carbocycles. The van der Waals surface area contributed by atoms with Gasteiger partial charge in [0.05, 0.1) is 38.7 Å². The van der Waals surface area contributed by atoms with E-state index < -0.39 is 23.6 Å². The van der Waals surface area contributed by atoms with E-state index in [4.69, 9.17) is 11.6 Å². The van der Waals surface area contributed by atoms with Crippen molar-refractivity contribution in [3.8, 4) is 0 Å². The highest BCUT2D eigenvalue weighted by molar-refractivity contribution is 6.43. The van der Waals surface area contributed by atoms with Crippen molar-refractivity contribution < 1.29 is 19.2 Å². The predicted octanol–water partition coefficient (Wildman–Crippen LogP) is 3.94. The van der Waals surface area contributed by atoms with Gasteiger partial charge in [0, 0.05) is 0 Å². The summed E-state index contributed by atoms with van der Waals surface area (Å²) in [6.45, 7) is 0. The van der Waals surface area contributed by atoms with E-state index in [0.717, 1.165) is 9.80 Å². The summed E-state index contributed by atoms with van der Waals surface area (Å²) in [4.78, 5) is 53.7. The van der Waals surface area contributed by atoms with Gasteiger partial charge in [0.15, 0.2) is 0 Å². The highest BCUT2D eigenvalue weighted by Crippen LogP contribution is 2.42. The summed E-state index contributed by atoms with van der Waals surface area (Å²) >= 11 is 6.37. The average molecular weight is 403 g/mol. The summed E-state index contributed by atoms with van der Waals surface area (Å²) in [5.74, 6) is -2.19. The van der Waals surface area contributed by atoms with Crippen LogP contribution in [0.15, 0.2) is 66.7 Å². The van der Waals surface area contributed by atoms with E-state index in [1.165, 1.54) is 12.1 Å². The zero-order chi connectivity index (χ0) is 20.3. The van der Waals surface area contributed by atoms with Gasteiger partial charge in [-0.25, -0.2) is 9.80 Å². The van der Waals surface area contributed by atoms with E-state index in [-0.39, 0.29) is 38.7 Å². The minimum atomic E-state index is -0.559. The van der Waals surface area contributed by atoms with E-state index >= 15 is 0 Å². The first kappa shape index (κ1) is 17.3. The van der Waals surface area contributed by atoms with Gasteiger partial charge < -0.3 is 0 Å². The Bertz CT molecular complexity index is 1200. The number of nitrogens with zero attached hydrogens (tertiary/aromatic N) is 2. The summed E-state index contributed by atoms with van der Waals surface area (Å²) in [6, 6.07) is 17.4. The second-order valence-electron chi connectivity index (χ2n) is 6.59. The Morgan fingerprint density at radius 2 is 0.931 bits per heavy atom. The molecule has 2 heterocycles. The molecule has 4 amide bonds. The fourth-order valence-corrected chi connectivity index (χ4v) is 3.96. The second-order valence-corrected chi connectivity index (χ2v) is 7.00. The lowest BCUT2D eigenvalue weighted by atomic mass is 10.1. The highest BCUT2D eigenvalue weighted by Gasteiger charge is 2.43. The first-order valence-electron chi connectivity index (χ1n) is 8.75. The monoisotopic (exact) mass is 402 g/mol. The molecule has 0 saturated heterocycles. The molecule has 0 fully saturated rings. The van der Waals surface area contributed by atoms with Crippen LogP contribution >= 0.6 is 11.6 Å². The van der Waals surface area contributed by atoms with Crippen LogP contribution in [0, 0.1) is 0 Å². The molecule has 2 aliphatic heterocycles. The summed E-state index contributed by atoms with van der Waals surface area (Å²) in [5.41, 5.74) is 1.08. The van der Waals surface area contributed by atoms with Gasteiger partial charge in [-0.05, 0) is 36.4 Å². The minimum Gasteiger partial charge on any atom is -0.268 e. The number of imide groups is 2. The van der Waals surface area contributed by atoms with Crippen LogP contribution in [0.2, 0.25) is 5.02 Å². The van der Waals surface area contributed by atoms with Crippen LogP contribution in [0.5, 0.6) is 0 Å². The molecular formula is C22H11ClN2O4. The topological polar surface area (TPSA) is 74.8 Å². The quantitative estimate of drug-likeness (QED) is 0.608. The van der Waals surface area contributed by atoms with Crippen molar-refractivity contribution in [2.45, 2.75) is 0 Å². The van der Waals surface area contributed by atoms with Gasteiger partial charge in [0.2, 0.25) is 0 Å². The summed E-state index contributed by atoms with van der Waals surface area (Å²) in [7, 11) is 0. The van der Waals surface area contributed by atoms with Gasteiger partial charge in [0.25, 0.3) is 23.6 Å². The first-order valence-corrected chi connectivity index (χ1v) is 9.12. The minimum absolute atomic E-state index is 0.00914. The molecule has 0 unspecified atom stereocenters. The first-order chi connectivity index (χ1) is 14.0. The standard InChI is InChI=1S/C22H11ClN2O4/c23-16-10-5-11-17(24-19(26)12-6-1-2-7-13(12)20(24)27)18(16)25-21(28)14-8-3-4-9-15(14)22(25)29/h1-11H. The van der Waals surface area contributed by atoms with E-state index in [2.05, 4.69) is 0 Å². The van der Waals surface area contributed by atoms with Crippen molar-refractivity contribution in [1.29, 1.82) is 0 Å². The third-order valence-electron chi connectivity index (χ3n) is 5.02. The van der Waals surface area contributed by atoms with Gasteiger partial charge in [0.1, 0.15) is 0 Å². The second kappa shape index (κ2) is 6.12. The van der Waals surface area contributed by atoms with Gasteiger partial charge in [-0.3, -0.25) is 19.2 Å². The van der Waals surface area contributed by atoms with Crippen LogP contribution in [-0.2, 0) is 0 Å². The van der Waals surface area contributed by atoms with Crippen LogP contribution in [-0.4, -0.2) is 23.6 Å². The fraction of sp³-hybridized carbons (Fsp3) is 0. The Balaban J connectivity index is 1.69. The molecule has 0 aromatic heterocycles. The van der Waals surface area contributed by atoms with Crippen LogP contribution < -0.4 is 9.80 Å². The number of carbonyl (C=O) groups excluding carboxylic acids is 4. The fourth-order valence-electron chi connectivity index (χ4n) is 3.71. The van der Waals surface area contributed by atoms with E-state index in [1.54, 1.807) is 54.6 Å². The number of carbonyl (C=O) groups is 4. The molecule has 7 heteroatoms. The lowest BCUT2D eigenvalue weighted by molar-refractivity contribution is 0.0904. The van der Waals surface area contributed by atoms with Crippen molar-refractivity contribution in [1.82, 2.24) is 0 Å². The Kier molecular flexibility index (Phi) is 3.66. The number of amides is 4. The van der Waals surface area contributed by atoms with Gasteiger partial charge in [-0.1, -0.05) is 41.9 Å².